The fourth-order valence-electron chi connectivity index (χ4n) is 9.93. The Kier molecular flexibility index (Phi) is 17.7. The summed E-state index contributed by atoms with van der Waals surface area (Å²) in [6.07, 6.45) is 25.1. The second-order valence-electron chi connectivity index (χ2n) is 22.5. The van der Waals surface area contributed by atoms with Crippen molar-refractivity contribution in [2.24, 2.45) is 0 Å². The van der Waals surface area contributed by atoms with E-state index < -0.39 is 28.7 Å². The number of carbonyl (C=O) groups excluding carboxylic acids is 2. The molecule has 3 aliphatic carbocycles. The van der Waals surface area contributed by atoms with E-state index in [4.69, 9.17) is 22.4 Å². The van der Waals surface area contributed by atoms with Gasteiger partial charge in [0, 0.05) is 73.0 Å². The minimum atomic E-state index is -1.26. The predicted octanol–water partition coefficient (Wildman–Crippen LogP) is 13.8. The van der Waals surface area contributed by atoms with Crippen LogP contribution in [0.2, 0.25) is 0 Å². The van der Waals surface area contributed by atoms with E-state index in [-0.39, 0.29) is 34.8 Å². The molecule has 7 aromatic heterocycles. The summed E-state index contributed by atoms with van der Waals surface area (Å²) in [4.78, 5) is 66.0. The number of Topliss-reactive ketones (excluding diaryl/α,β-unsaturated/α-hetero) is 1. The second-order valence-corrected chi connectivity index (χ2v) is 22.8. The summed E-state index contributed by atoms with van der Waals surface area (Å²) >= 11 is 5.38. The van der Waals surface area contributed by atoms with Gasteiger partial charge in [0.25, 0.3) is 5.24 Å². The molecule has 0 radical (unpaired) electrons. The van der Waals surface area contributed by atoms with Crippen molar-refractivity contribution in [3.63, 3.8) is 0 Å². The molecule has 7 heterocycles. The highest BCUT2D eigenvalue weighted by Gasteiger charge is 2.29. The number of nitrogen functional groups attached to an aromatic ring is 1. The molecule has 3 N–H and O–H groups in total. The van der Waals surface area contributed by atoms with Gasteiger partial charge in [-0.3, -0.25) is 18.7 Å². The third-order valence-electron chi connectivity index (χ3n) is 15.0. The molecule has 3 fully saturated rings. The van der Waals surface area contributed by atoms with E-state index in [9.17, 15) is 27.6 Å². The number of rotatable bonds is 15. The van der Waals surface area contributed by atoms with Crippen molar-refractivity contribution >= 4 is 34.4 Å². The Bertz CT molecular complexity index is 4010. The topological polar surface area (TPSA) is 212 Å². The molecule has 10 aromatic rings. The third-order valence-corrected chi connectivity index (χ3v) is 15.2. The van der Waals surface area contributed by atoms with Crippen LogP contribution in [0.25, 0.3) is 28.7 Å². The fourth-order valence-corrected chi connectivity index (χ4v) is 10.1. The van der Waals surface area contributed by atoms with Gasteiger partial charge in [-0.25, -0.2) is 52.9 Å². The first-order valence-corrected chi connectivity index (χ1v) is 28.8. The summed E-state index contributed by atoms with van der Waals surface area (Å²) in [7, 11) is 0. The maximum Gasteiger partial charge on any atom is 0.338 e. The van der Waals surface area contributed by atoms with Crippen molar-refractivity contribution < 1.29 is 32.7 Å². The molecule has 13 rings (SSSR count). The first-order valence-electron chi connectivity index (χ1n) is 28.5. The summed E-state index contributed by atoms with van der Waals surface area (Å²) < 4.78 is 51.3. The summed E-state index contributed by atoms with van der Waals surface area (Å²) in [6.45, 7) is 13.7. The number of carboxylic acid groups (broad SMARTS) is 1. The summed E-state index contributed by atoms with van der Waals surface area (Å²) in [5.41, 5.74) is 13.3. The monoisotopic (exact) mass is 1180 g/mol. The van der Waals surface area contributed by atoms with Gasteiger partial charge in [0.15, 0.2) is 5.78 Å². The number of benzene rings is 3. The Morgan fingerprint density at radius 2 is 0.965 bits per heavy atom. The number of hydrogen-bond donors (Lipinski definition) is 2. The number of carboxylic acids is 1. The lowest BCUT2D eigenvalue weighted by molar-refractivity contribution is 0.0691. The van der Waals surface area contributed by atoms with Gasteiger partial charge in [0.2, 0.25) is 0 Å². The van der Waals surface area contributed by atoms with Crippen LogP contribution in [0.1, 0.15) is 178 Å². The van der Waals surface area contributed by atoms with Crippen molar-refractivity contribution in [1.82, 2.24) is 57.7 Å². The quantitative estimate of drug-likeness (QED) is 0.0725. The van der Waals surface area contributed by atoms with Crippen LogP contribution < -0.4 is 5.73 Å². The molecule has 86 heavy (non-hydrogen) atoms. The summed E-state index contributed by atoms with van der Waals surface area (Å²) in [5, 5.41) is 8.18. The van der Waals surface area contributed by atoms with Gasteiger partial charge < -0.3 is 24.5 Å². The average molecular weight is 1180 g/mol. The zero-order chi connectivity index (χ0) is 61.1. The van der Waals surface area contributed by atoms with Crippen LogP contribution in [0.15, 0.2) is 135 Å². The van der Waals surface area contributed by atoms with Crippen LogP contribution in [0.5, 0.6) is 0 Å². The number of nitrogens with zero attached hydrogens (tertiary/aromatic N) is 12. The van der Waals surface area contributed by atoms with Crippen LogP contribution in [0, 0.1) is 38.2 Å². The third kappa shape index (κ3) is 13.9. The molecule has 442 valence electrons. The van der Waals surface area contributed by atoms with Crippen LogP contribution in [0.3, 0.4) is 0 Å². The smallest absolute Gasteiger partial charge is 0.338 e. The molecule has 3 saturated carbocycles. The molecule has 0 unspecified atom stereocenters. The Balaban J connectivity index is 0.000000134. The van der Waals surface area contributed by atoms with E-state index in [0.717, 1.165) is 82.7 Å². The first-order chi connectivity index (χ1) is 41.2. The maximum atomic E-state index is 14.8. The Hall–Kier alpha value is -9.30. The van der Waals surface area contributed by atoms with Gasteiger partial charge in [-0.05, 0) is 148 Å². The van der Waals surface area contributed by atoms with Crippen LogP contribution in [-0.4, -0.2) is 79.8 Å². The minimum Gasteiger partial charge on any atom is -0.478 e. The molecule has 0 aliphatic heterocycles. The van der Waals surface area contributed by atoms with Crippen LogP contribution in [0.4, 0.5) is 19.0 Å². The predicted molar refractivity (Wildman–Crippen MR) is 321 cm³/mol. The number of pyridine rings is 2. The molecular weight excluding hydrogens is 1120 g/mol. The van der Waals surface area contributed by atoms with Crippen molar-refractivity contribution in [2.45, 2.75) is 123 Å². The zero-order valence-corrected chi connectivity index (χ0v) is 49.4. The first kappa shape index (κ1) is 59.8. The molecular formula is C65H65ClF3N13O4. The number of carbonyl (C=O) groups is 3. The highest BCUT2D eigenvalue weighted by Crippen LogP contribution is 2.41. The number of aryl methyl sites for hydroxylation is 3. The maximum absolute atomic E-state index is 14.8. The Morgan fingerprint density at radius 1 is 0.570 bits per heavy atom. The number of halogens is 4. The molecule has 3 aromatic carbocycles. The minimum absolute atomic E-state index is 0.0101. The molecule has 3 aliphatic rings. The number of anilines is 1. The lowest BCUT2D eigenvalue weighted by Crippen LogP contribution is -2.11. The Labute approximate surface area is 500 Å². The SMILES string of the molecule is CC(C)c1nccn1-c1cccc(N)n1.Cc1cc(F)c(C(=O)Cc2cccc(-n3ccnc3C(C)C)n2)cc1-n1cnc(C2CC2)c1.Cc1cc(F)c(C(=O)Cl)cc1-n1cnc(C2CC2)c1.Cc1cc(F)c(C(=O)O)cc1-n1cnc(C2CC2)c1. The number of nitrogens with two attached hydrogens (primary N) is 1. The molecule has 0 atom stereocenters. The Morgan fingerprint density at radius 3 is 1.37 bits per heavy atom. The van der Waals surface area contributed by atoms with Crippen molar-refractivity contribution in [1.29, 1.82) is 0 Å². The van der Waals surface area contributed by atoms with Crippen LogP contribution in [-0.2, 0) is 6.42 Å². The fraction of sp³-hybridized carbons (Fsp3) is 0.292. The van der Waals surface area contributed by atoms with Gasteiger partial charge in [0.1, 0.15) is 46.6 Å². The van der Waals surface area contributed by atoms with E-state index >= 15 is 0 Å². The highest BCUT2D eigenvalue weighted by atomic mass is 35.5. The average Bonchev–Trinajstić information content (AvgIpc) is 4.21. The van der Waals surface area contributed by atoms with E-state index in [2.05, 4.69) is 62.6 Å². The normalized spacial score (nSPS) is 13.6. The van der Waals surface area contributed by atoms with E-state index in [1.165, 1.54) is 43.2 Å². The molecule has 0 bridgehead atoms. The molecule has 0 spiro atoms. The summed E-state index contributed by atoms with van der Waals surface area (Å²) in [5.74, 6) is 2.73. The molecule has 0 saturated heterocycles. The van der Waals surface area contributed by atoms with E-state index in [0.29, 0.717) is 52.3 Å². The number of ketones is 1. The van der Waals surface area contributed by atoms with E-state index in [1.807, 2.05) is 80.4 Å². The molecule has 17 nitrogen and oxygen atoms in total. The van der Waals surface area contributed by atoms with Crippen molar-refractivity contribution in [3.05, 3.63) is 220 Å². The van der Waals surface area contributed by atoms with Gasteiger partial charge in [-0.15, -0.1) is 0 Å². The van der Waals surface area contributed by atoms with Gasteiger partial charge in [-0.1, -0.05) is 39.8 Å². The number of aromatic carboxylic acids is 1. The van der Waals surface area contributed by atoms with Gasteiger partial charge in [0.05, 0.1) is 81.9 Å². The number of imidazole rings is 5. The summed E-state index contributed by atoms with van der Waals surface area (Å²) in [6, 6.07) is 19.5. The second kappa shape index (κ2) is 25.5. The van der Waals surface area contributed by atoms with E-state index in [1.54, 1.807) is 68.0 Å². The van der Waals surface area contributed by atoms with Gasteiger partial charge in [-0.2, -0.15) is 0 Å². The molecule has 0 amide bonds. The highest BCUT2D eigenvalue weighted by molar-refractivity contribution is 6.67. The largest absolute Gasteiger partial charge is 0.478 e. The zero-order valence-electron chi connectivity index (χ0n) is 48.7. The van der Waals surface area contributed by atoms with Gasteiger partial charge >= 0.3 is 5.97 Å². The van der Waals surface area contributed by atoms with Crippen molar-refractivity contribution in [2.75, 3.05) is 5.73 Å². The molecule has 21 heteroatoms. The van der Waals surface area contributed by atoms with Crippen LogP contribution >= 0.6 is 11.6 Å². The van der Waals surface area contributed by atoms with Crippen molar-refractivity contribution in [3.8, 4) is 28.7 Å². The number of aromatic nitrogens is 12. The lowest BCUT2D eigenvalue weighted by Gasteiger charge is -2.12. The standard InChI is InChI=1S/C26H26FN5O.C14H12ClFN2O.C14H13FN2O2.C11H14N4/c1-16(2)26-28-9-10-32(26)25-6-4-5-19(30-25)12-24(33)20-13-23(17(3)11-21(20)27)31-14-22(29-15-31)18-7-8-18;1-8-4-11(16)10(14(15)19)5-13(8)18-6-12(17-7-18)9-2-3-9;1-8-4-11(15)10(14(18)19)5-13(8)17-6-12(16-7-17)9-2-3-9;1-8(2)11-13-6-7-15(11)10-5-3-4-9(12)14-10/h4-6,9-11,13-16,18H,7-8,12H2,1-3H3;4-7,9H,2-3H2,1H3;4-7,9H,2-3H2,1H3,(H,18,19);3-8H,1-2H3,(H2,12,14). The lowest BCUT2D eigenvalue weighted by atomic mass is 10.0. The number of hydrogen-bond acceptors (Lipinski definition) is 11.